The molecular formula is C18H27N3. The number of nitrogen functional groups attached to an aromatic ring is 1. The van der Waals surface area contributed by atoms with Crippen LogP contribution in [0.2, 0.25) is 0 Å². The van der Waals surface area contributed by atoms with E-state index in [1.807, 2.05) is 12.1 Å². The predicted octanol–water partition coefficient (Wildman–Crippen LogP) is 4.57. The third kappa shape index (κ3) is 2.92. The lowest BCUT2D eigenvalue weighted by Crippen LogP contribution is -2.20. The zero-order valence-electron chi connectivity index (χ0n) is 13.5. The maximum Gasteiger partial charge on any atom is 0.112 e. The Balaban J connectivity index is 1.97. The van der Waals surface area contributed by atoms with E-state index >= 15 is 0 Å². The molecule has 2 unspecified atom stereocenters. The van der Waals surface area contributed by atoms with Crippen LogP contribution in [0.1, 0.15) is 58.2 Å². The maximum absolute atomic E-state index is 5.91. The van der Waals surface area contributed by atoms with Crippen molar-refractivity contribution in [1.82, 2.24) is 9.55 Å². The third-order valence-corrected chi connectivity index (χ3v) is 4.80. The van der Waals surface area contributed by atoms with Crippen LogP contribution in [0, 0.1) is 11.8 Å². The van der Waals surface area contributed by atoms with Crippen molar-refractivity contribution in [2.45, 2.75) is 58.9 Å². The molecule has 0 aliphatic heterocycles. The van der Waals surface area contributed by atoms with Gasteiger partial charge in [0.1, 0.15) is 5.82 Å². The molecule has 1 saturated carbocycles. The summed E-state index contributed by atoms with van der Waals surface area (Å²) in [6, 6.07) is 6.13. The van der Waals surface area contributed by atoms with E-state index in [-0.39, 0.29) is 0 Å². The number of hydrogen-bond donors (Lipinski definition) is 1. The van der Waals surface area contributed by atoms with Gasteiger partial charge in [-0.2, -0.15) is 0 Å². The molecular weight excluding hydrogens is 258 g/mol. The summed E-state index contributed by atoms with van der Waals surface area (Å²) in [5.41, 5.74) is 9.00. The van der Waals surface area contributed by atoms with Crippen LogP contribution < -0.4 is 5.73 Å². The topological polar surface area (TPSA) is 43.8 Å². The number of anilines is 1. The summed E-state index contributed by atoms with van der Waals surface area (Å²) in [6.07, 6.45) is 5.49. The highest BCUT2D eigenvalue weighted by Gasteiger charge is 2.22. The normalized spacial score (nSPS) is 23.0. The molecule has 1 aliphatic carbocycles. The van der Waals surface area contributed by atoms with Crippen LogP contribution in [0.4, 0.5) is 5.69 Å². The molecule has 1 aromatic carbocycles. The molecule has 0 radical (unpaired) electrons. The fraction of sp³-hybridized carbons (Fsp3) is 0.611. The Bertz CT molecular complexity index is 627. The number of imidazole rings is 1. The number of nitrogens with two attached hydrogens (primary N) is 1. The number of benzene rings is 1. The Morgan fingerprint density at radius 3 is 2.86 bits per heavy atom. The van der Waals surface area contributed by atoms with Gasteiger partial charge in [-0.05, 0) is 42.9 Å². The minimum Gasteiger partial charge on any atom is -0.399 e. The number of aromatic nitrogens is 2. The predicted molar refractivity (Wildman–Crippen MR) is 89.4 cm³/mol. The van der Waals surface area contributed by atoms with Gasteiger partial charge < -0.3 is 10.3 Å². The van der Waals surface area contributed by atoms with Gasteiger partial charge in [-0.3, -0.25) is 0 Å². The molecule has 1 aromatic heterocycles. The average Bonchev–Trinajstić information content (AvgIpc) is 2.77. The Hall–Kier alpha value is -1.51. The molecule has 0 amide bonds. The van der Waals surface area contributed by atoms with E-state index in [2.05, 4.69) is 31.4 Å². The van der Waals surface area contributed by atoms with Crippen LogP contribution in [-0.2, 0) is 6.54 Å². The second kappa shape index (κ2) is 5.70. The van der Waals surface area contributed by atoms with Gasteiger partial charge in [0.2, 0.25) is 0 Å². The minimum atomic E-state index is 0.444. The molecule has 21 heavy (non-hydrogen) atoms. The first-order valence-corrected chi connectivity index (χ1v) is 8.30. The zero-order chi connectivity index (χ0) is 15.0. The maximum atomic E-state index is 5.91. The molecule has 3 rings (SSSR count). The van der Waals surface area contributed by atoms with Crippen LogP contribution in [0.15, 0.2) is 18.2 Å². The summed E-state index contributed by atoms with van der Waals surface area (Å²) in [5, 5.41) is 0. The molecule has 0 bridgehead atoms. The second-order valence-electron chi connectivity index (χ2n) is 7.12. The van der Waals surface area contributed by atoms with Crippen molar-refractivity contribution in [2.75, 3.05) is 5.73 Å². The van der Waals surface area contributed by atoms with E-state index in [0.717, 1.165) is 29.6 Å². The SMILES string of the molecule is CC1CCCC(Cn2c(C(C)C)nc3cc(N)ccc32)C1. The van der Waals surface area contributed by atoms with Crippen molar-refractivity contribution in [3.8, 4) is 0 Å². The Morgan fingerprint density at radius 2 is 2.14 bits per heavy atom. The van der Waals surface area contributed by atoms with Crippen LogP contribution in [-0.4, -0.2) is 9.55 Å². The number of nitrogens with zero attached hydrogens (tertiary/aromatic N) is 2. The number of hydrogen-bond acceptors (Lipinski definition) is 2. The fourth-order valence-corrected chi connectivity index (χ4v) is 3.78. The highest BCUT2D eigenvalue weighted by atomic mass is 15.1. The summed E-state index contributed by atoms with van der Waals surface area (Å²) in [5.74, 6) is 3.31. The molecule has 3 heteroatoms. The summed E-state index contributed by atoms with van der Waals surface area (Å²) in [4.78, 5) is 4.84. The van der Waals surface area contributed by atoms with Crippen molar-refractivity contribution < 1.29 is 0 Å². The number of fused-ring (bicyclic) bond motifs is 1. The molecule has 2 N–H and O–H groups in total. The van der Waals surface area contributed by atoms with Crippen molar-refractivity contribution in [1.29, 1.82) is 0 Å². The van der Waals surface area contributed by atoms with Crippen LogP contribution in [0.5, 0.6) is 0 Å². The van der Waals surface area contributed by atoms with Crippen molar-refractivity contribution in [3.05, 3.63) is 24.0 Å². The molecule has 3 nitrogen and oxygen atoms in total. The largest absolute Gasteiger partial charge is 0.399 e. The Labute approximate surface area is 127 Å². The van der Waals surface area contributed by atoms with Crippen LogP contribution in [0.25, 0.3) is 11.0 Å². The van der Waals surface area contributed by atoms with Gasteiger partial charge in [0.15, 0.2) is 0 Å². The first-order chi connectivity index (χ1) is 10.0. The van der Waals surface area contributed by atoms with Gasteiger partial charge in [-0.15, -0.1) is 0 Å². The molecule has 0 saturated heterocycles. The smallest absolute Gasteiger partial charge is 0.112 e. The van der Waals surface area contributed by atoms with Gasteiger partial charge in [0, 0.05) is 18.2 Å². The first-order valence-electron chi connectivity index (χ1n) is 8.30. The first kappa shape index (κ1) is 14.4. The van der Waals surface area contributed by atoms with Crippen molar-refractivity contribution >= 4 is 16.7 Å². The minimum absolute atomic E-state index is 0.444. The average molecular weight is 285 g/mol. The van der Waals surface area contributed by atoms with E-state index in [9.17, 15) is 0 Å². The van der Waals surface area contributed by atoms with E-state index < -0.39 is 0 Å². The van der Waals surface area contributed by atoms with Gasteiger partial charge in [-0.1, -0.05) is 33.6 Å². The van der Waals surface area contributed by atoms with E-state index in [0.29, 0.717) is 5.92 Å². The van der Waals surface area contributed by atoms with E-state index in [1.54, 1.807) is 0 Å². The molecule has 1 aliphatic rings. The number of rotatable bonds is 3. The molecule has 0 spiro atoms. The molecule has 2 aromatic rings. The molecule has 114 valence electrons. The third-order valence-electron chi connectivity index (χ3n) is 4.80. The fourth-order valence-electron chi connectivity index (χ4n) is 3.78. The molecule has 2 atom stereocenters. The lowest BCUT2D eigenvalue weighted by molar-refractivity contribution is 0.256. The Kier molecular flexibility index (Phi) is 3.92. The van der Waals surface area contributed by atoms with Crippen molar-refractivity contribution in [3.63, 3.8) is 0 Å². The van der Waals surface area contributed by atoms with Gasteiger partial charge in [0.05, 0.1) is 11.0 Å². The quantitative estimate of drug-likeness (QED) is 0.840. The standard InChI is InChI=1S/C18H27N3/c1-12(2)18-20-16-10-15(19)7-8-17(16)21(18)11-14-6-4-5-13(3)9-14/h7-8,10,12-14H,4-6,9,11,19H2,1-3H3. The lowest BCUT2D eigenvalue weighted by Gasteiger charge is -2.28. The molecule has 1 heterocycles. The van der Waals surface area contributed by atoms with Gasteiger partial charge in [-0.25, -0.2) is 4.98 Å². The monoisotopic (exact) mass is 285 g/mol. The van der Waals surface area contributed by atoms with Gasteiger partial charge >= 0.3 is 0 Å². The highest BCUT2D eigenvalue weighted by molar-refractivity contribution is 5.79. The van der Waals surface area contributed by atoms with Gasteiger partial charge in [0.25, 0.3) is 0 Å². The van der Waals surface area contributed by atoms with E-state index in [1.165, 1.54) is 37.0 Å². The lowest BCUT2D eigenvalue weighted by atomic mass is 9.82. The second-order valence-corrected chi connectivity index (χ2v) is 7.12. The van der Waals surface area contributed by atoms with E-state index in [4.69, 9.17) is 10.7 Å². The Morgan fingerprint density at radius 1 is 1.33 bits per heavy atom. The summed E-state index contributed by atoms with van der Waals surface area (Å²) in [6.45, 7) is 7.95. The molecule has 1 fully saturated rings. The van der Waals surface area contributed by atoms with Crippen LogP contribution >= 0.6 is 0 Å². The summed E-state index contributed by atoms with van der Waals surface area (Å²) >= 11 is 0. The highest BCUT2D eigenvalue weighted by Crippen LogP contribution is 2.32. The summed E-state index contributed by atoms with van der Waals surface area (Å²) in [7, 11) is 0. The van der Waals surface area contributed by atoms with Crippen molar-refractivity contribution in [2.24, 2.45) is 11.8 Å². The zero-order valence-corrected chi connectivity index (χ0v) is 13.5. The summed E-state index contributed by atoms with van der Waals surface area (Å²) < 4.78 is 2.45. The van der Waals surface area contributed by atoms with Crippen LogP contribution in [0.3, 0.4) is 0 Å².